The van der Waals surface area contributed by atoms with Gasteiger partial charge in [0.1, 0.15) is 0 Å². The van der Waals surface area contributed by atoms with Crippen molar-refractivity contribution in [1.82, 2.24) is 10.3 Å². The van der Waals surface area contributed by atoms with Gasteiger partial charge in [-0.25, -0.2) is 0 Å². The molecule has 1 aromatic carbocycles. The van der Waals surface area contributed by atoms with Crippen LogP contribution < -0.4 is 16.0 Å². The average molecular weight is 394 g/mol. The fourth-order valence-electron chi connectivity index (χ4n) is 3.42. The van der Waals surface area contributed by atoms with Gasteiger partial charge in [-0.15, -0.1) is 0 Å². The van der Waals surface area contributed by atoms with Gasteiger partial charge >= 0.3 is 0 Å². The molecule has 0 aliphatic heterocycles. The van der Waals surface area contributed by atoms with E-state index in [-0.39, 0.29) is 23.8 Å². The Morgan fingerprint density at radius 1 is 0.828 bits per heavy atom. The smallest absolute Gasteiger partial charge is 0.257 e. The van der Waals surface area contributed by atoms with Crippen LogP contribution in [0, 0.1) is 0 Å². The van der Waals surface area contributed by atoms with E-state index in [4.69, 9.17) is 0 Å². The van der Waals surface area contributed by atoms with Crippen molar-refractivity contribution >= 4 is 29.1 Å². The predicted octanol–water partition coefficient (Wildman–Crippen LogP) is 3.74. The monoisotopic (exact) mass is 394 g/mol. The van der Waals surface area contributed by atoms with Gasteiger partial charge in [0.05, 0.1) is 11.1 Å². The number of pyridine rings is 1. The molecule has 1 aromatic heterocycles. The summed E-state index contributed by atoms with van der Waals surface area (Å²) >= 11 is 0. The summed E-state index contributed by atoms with van der Waals surface area (Å²) in [6.07, 6.45) is 9.60. The minimum Gasteiger partial charge on any atom is -0.349 e. The molecule has 1 aliphatic rings. The van der Waals surface area contributed by atoms with E-state index in [9.17, 15) is 14.4 Å². The van der Waals surface area contributed by atoms with Crippen LogP contribution in [0.3, 0.4) is 0 Å². The number of amides is 3. The van der Waals surface area contributed by atoms with Gasteiger partial charge in [0, 0.05) is 36.7 Å². The Hall–Kier alpha value is -3.22. The molecule has 2 aromatic rings. The van der Waals surface area contributed by atoms with Crippen molar-refractivity contribution in [3.8, 4) is 0 Å². The van der Waals surface area contributed by atoms with E-state index in [1.807, 2.05) is 0 Å². The lowest BCUT2D eigenvalue weighted by atomic mass is 10.1. The third-order valence-corrected chi connectivity index (χ3v) is 4.92. The first-order chi connectivity index (χ1) is 14.0. The van der Waals surface area contributed by atoms with E-state index < -0.39 is 0 Å². The Balaban J connectivity index is 1.62. The van der Waals surface area contributed by atoms with Crippen molar-refractivity contribution in [1.29, 1.82) is 0 Å². The predicted molar refractivity (Wildman–Crippen MR) is 112 cm³/mol. The highest BCUT2D eigenvalue weighted by Crippen LogP contribution is 2.18. The summed E-state index contributed by atoms with van der Waals surface area (Å²) in [5.74, 6) is -0.709. The van der Waals surface area contributed by atoms with Crippen molar-refractivity contribution in [2.45, 2.75) is 51.5 Å². The van der Waals surface area contributed by atoms with Gasteiger partial charge in [0.15, 0.2) is 0 Å². The molecule has 29 heavy (non-hydrogen) atoms. The van der Waals surface area contributed by atoms with Gasteiger partial charge in [0.25, 0.3) is 11.8 Å². The van der Waals surface area contributed by atoms with Gasteiger partial charge in [0.2, 0.25) is 5.91 Å². The first kappa shape index (κ1) is 20.5. The number of carbonyl (C=O) groups excluding carboxylic acids is 3. The molecule has 3 rings (SSSR count). The van der Waals surface area contributed by atoms with Gasteiger partial charge in [-0.3, -0.25) is 19.4 Å². The number of nitrogens with one attached hydrogen (secondary N) is 3. The van der Waals surface area contributed by atoms with Gasteiger partial charge < -0.3 is 16.0 Å². The molecule has 1 saturated carbocycles. The number of nitrogens with zero attached hydrogens (tertiary/aromatic N) is 1. The number of anilines is 2. The van der Waals surface area contributed by atoms with E-state index in [0.29, 0.717) is 22.5 Å². The molecule has 7 nitrogen and oxygen atoms in total. The highest BCUT2D eigenvalue weighted by Gasteiger charge is 2.17. The van der Waals surface area contributed by atoms with E-state index >= 15 is 0 Å². The van der Waals surface area contributed by atoms with E-state index in [2.05, 4.69) is 20.9 Å². The summed E-state index contributed by atoms with van der Waals surface area (Å²) in [6.45, 7) is 1.43. The normalized spacial score (nSPS) is 14.5. The minimum absolute atomic E-state index is 0.160. The van der Waals surface area contributed by atoms with Crippen LogP contribution in [0.4, 0.5) is 11.4 Å². The molecule has 0 saturated heterocycles. The summed E-state index contributed by atoms with van der Waals surface area (Å²) in [7, 11) is 0. The number of hydrogen-bond donors (Lipinski definition) is 3. The maximum atomic E-state index is 12.6. The molecule has 3 N–H and O–H groups in total. The minimum atomic E-state index is -0.353. The summed E-state index contributed by atoms with van der Waals surface area (Å²) in [5, 5.41) is 8.51. The third-order valence-electron chi connectivity index (χ3n) is 4.92. The van der Waals surface area contributed by atoms with E-state index in [0.717, 1.165) is 25.7 Å². The van der Waals surface area contributed by atoms with Crippen LogP contribution in [-0.2, 0) is 4.79 Å². The van der Waals surface area contributed by atoms with Crippen LogP contribution in [0.1, 0.15) is 66.2 Å². The maximum absolute atomic E-state index is 12.6. The largest absolute Gasteiger partial charge is 0.349 e. The van der Waals surface area contributed by atoms with Gasteiger partial charge in [-0.2, -0.15) is 0 Å². The zero-order valence-corrected chi connectivity index (χ0v) is 16.5. The molecule has 0 bridgehead atoms. The Morgan fingerprint density at radius 2 is 1.38 bits per heavy atom. The SMILES string of the molecule is CC(=O)Nc1ccc(NC(=O)c2cncc(C(=O)NC3CCCCCC3)c2)cc1. The molecule has 1 heterocycles. The fourth-order valence-corrected chi connectivity index (χ4v) is 3.42. The van der Waals surface area contributed by atoms with Gasteiger partial charge in [-0.1, -0.05) is 25.7 Å². The summed E-state index contributed by atoms with van der Waals surface area (Å²) < 4.78 is 0. The van der Waals surface area contributed by atoms with Crippen molar-refractivity contribution in [2.24, 2.45) is 0 Å². The number of aromatic nitrogens is 1. The lowest BCUT2D eigenvalue weighted by molar-refractivity contribution is -0.114. The molecule has 0 radical (unpaired) electrons. The molecule has 152 valence electrons. The van der Waals surface area contributed by atoms with Crippen molar-refractivity contribution in [2.75, 3.05) is 10.6 Å². The molecule has 0 spiro atoms. The fraction of sp³-hybridized carbons (Fsp3) is 0.364. The van der Waals surface area contributed by atoms with Crippen LogP contribution in [0.5, 0.6) is 0 Å². The number of benzene rings is 1. The second-order valence-electron chi connectivity index (χ2n) is 7.34. The van der Waals surface area contributed by atoms with Crippen molar-refractivity contribution < 1.29 is 14.4 Å². The van der Waals surface area contributed by atoms with Crippen molar-refractivity contribution in [3.63, 3.8) is 0 Å². The maximum Gasteiger partial charge on any atom is 0.257 e. The molecule has 3 amide bonds. The Kier molecular flexibility index (Phi) is 6.94. The van der Waals surface area contributed by atoms with Crippen LogP contribution in [0.25, 0.3) is 0 Å². The Morgan fingerprint density at radius 3 is 1.97 bits per heavy atom. The second-order valence-corrected chi connectivity index (χ2v) is 7.34. The number of carbonyl (C=O) groups is 3. The van der Waals surface area contributed by atoms with Crippen molar-refractivity contribution in [3.05, 3.63) is 53.9 Å². The third kappa shape index (κ3) is 6.14. The zero-order valence-electron chi connectivity index (χ0n) is 16.5. The summed E-state index contributed by atoms with van der Waals surface area (Å²) in [6, 6.07) is 8.53. The van der Waals surface area contributed by atoms with E-state index in [1.54, 1.807) is 30.3 Å². The lowest BCUT2D eigenvalue weighted by Crippen LogP contribution is -2.34. The first-order valence-corrected chi connectivity index (χ1v) is 9.96. The molecule has 0 atom stereocenters. The summed E-state index contributed by atoms with van der Waals surface area (Å²) in [4.78, 5) is 40.2. The number of rotatable bonds is 5. The Bertz CT molecular complexity index is 872. The quantitative estimate of drug-likeness (QED) is 0.673. The molecule has 1 fully saturated rings. The number of hydrogen-bond acceptors (Lipinski definition) is 4. The molecule has 1 aliphatic carbocycles. The zero-order chi connectivity index (χ0) is 20.6. The van der Waals surface area contributed by atoms with Crippen LogP contribution >= 0.6 is 0 Å². The highest BCUT2D eigenvalue weighted by atomic mass is 16.2. The van der Waals surface area contributed by atoms with Crippen LogP contribution in [0.2, 0.25) is 0 Å². The highest BCUT2D eigenvalue weighted by molar-refractivity contribution is 6.06. The molecular formula is C22H26N4O3. The van der Waals surface area contributed by atoms with Crippen LogP contribution in [-0.4, -0.2) is 28.7 Å². The molecule has 0 unspecified atom stereocenters. The molecular weight excluding hydrogens is 368 g/mol. The standard InChI is InChI=1S/C22H26N4O3/c1-15(27)24-19-8-10-20(11-9-19)26-22(29)17-12-16(13-23-14-17)21(28)25-18-6-4-2-3-5-7-18/h8-14,18H,2-7H2,1H3,(H,24,27)(H,25,28)(H,26,29). The lowest BCUT2D eigenvalue weighted by Gasteiger charge is -2.16. The van der Waals surface area contributed by atoms with E-state index in [1.165, 1.54) is 32.2 Å². The first-order valence-electron chi connectivity index (χ1n) is 9.96. The second kappa shape index (κ2) is 9.82. The van der Waals surface area contributed by atoms with Gasteiger partial charge in [-0.05, 0) is 43.2 Å². The Labute approximate surface area is 170 Å². The average Bonchev–Trinajstić information content (AvgIpc) is 2.98. The molecule has 7 heteroatoms. The van der Waals surface area contributed by atoms with Crippen LogP contribution in [0.15, 0.2) is 42.7 Å². The summed E-state index contributed by atoms with van der Waals surface area (Å²) in [5.41, 5.74) is 1.92. The topological polar surface area (TPSA) is 100 Å².